The van der Waals surface area contributed by atoms with E-state index in [-0.39, 0.29) is 6.03 Å². The Morgan fingerprint density at radius 2 is 1.69 bits per heavy atom. The number of carbonyl (C=O) groups excluding carboxylic acids is 1. The Kier molecular flexibility index (Phi) is 6.36. The summed E-state index contributed by atoms with van der Waals surface area (Å²) in [4.78, 5) is 20.2. The van der Waals surface area contributed by atoms with Crippen LogP contribution in [0.5, 0.6) is 0 Å². The van der Waals surface area contributed by atoms with Crippen LogP contribution in [0.4, 0.5) is 4.79 Å². The first-order valence-electron chi connectivity index (χ1n) is 8.76. The molecule has 6 nitrogen and oxygen atoms in total. The highest BCUT2D eigenvalue weighted by Gasteiger charge is 2.06. The van der Waals surface area contributed by atoms with Crippen LogP contribution in [0.15, 0.2) is 67.3 Å². The number of hydrogen-bond acceptors (Lipinski definition) is 3. The summed E-state index contributed by atoms with van der Waals surface area (Å²) in [6, 6.07) is 14.0. The fourth-order valence-corrected chi connectivity index (χ4v) is 2.71. The predicted octanol–water partition coefficient (Wildman–Crippen LogP) is 2.91. The third-order valence-electron chi connectivity index (χ3n) is 4.12. The van der Waals surface area contributed by atoms with Gasteiger partial charge in [0.25, 0.3) is 0 Å². The predicted molar refractivity (Wildman–Crippen MR) is 100 cm³/mol. The highest BCUT2D eigenvalue weighted by molar-refractivity contribution is 5.73. The van der Waals surface area contributed by atoms with Crippen LogP contribution in [0.25, 0.3) is 0 Å². The van der Waals surface area contributed by atoms with E-state index in [1.54, 1.807) is 18.6 Å². The lowest BCUT2D eigenvalue weighted by Gasteiger charge is -2.10. The molecular weight excluding hydrogens is 326 g/mol. The van der Waals surface area contributed by atoms with Crippen LogP contribution in [-0.4, -0.2) is 20.6 Å². The van der Waals surface area contributed by atoms with Crippen LogP contribution in [0.3, 0.4) is 0 Å². The maximum absolute atomic E-state index is 11.9. The maximum Gasteiger partial charge on any atom is 0.315 e. The molecule has 0 atom stereocenters. The van der Waals surface area contributed by atoms with Crippen molar-refractivity contribution < 1.29 is 4.79 Å². The zero-order valence-electron chi connectivity index (χ0n) is 14.6. The Balaban J connectivity index is 1.41. The molecule has 2 N–H and O–H groups in total. The summed E-state index contributed by atoms with van der Waals surface area (Å²) in [6.07, 6.45) is 9.20. The second-order valence-electron chi connectivity index (χ2n) is 6.02. The van der Waals surface area contributed by atoms with Crippen molar-refractivity contribution in [3.63, 3.8) is 0 Å². The summed E-state index contributed by atoms with van der Waals surface area (Å²) in [5.41, 5.74) is 2.35. The van der Waals surface area contributed by atoms with Gasteiger partial charge in [0.05, 0.1) is 6.54 Å². The van der Waals surface area contributed by atoms with E-state index in [0.717, 1.165) is 30.8 Å². The summed E-state index contributed by atoms with van der Waals surface area (Å²) in [5, 5.41) is 5.69. The first-order valence-corrected chi connectivity index (χ1v) is 8.76. The zero-order chi connectivity index (χ0) is 18.0. The van der Waals surface area contributed by atoms with Gasteiger partial charge in [-0.05, 0) is 36.1 Å². The number of aromatic nitrogens is 3. The number of nitrogens with one attached hydrogen (secondary N) is 2. The molecular formula is C20H23N5O. The molecule has 0 saturated carbocycles. The van der Waals surface area contributed by atoms with Gasteiger partial charge in [-0.2, -0.15) is 0 Å². The minimum absolute atomic E-state index is 0.208. The van der Waals surface area contributed by atoms with Crippen molar-refractivity contribution in [3.05, 3.63) is 84.2 Å². The smallest absolute Gasteiger partial charge is 0.315 e. The van der Waals surface area contributed by atoms with Gasteiger partial charge in [0, 0.05) is 37.9 Å². The van der Waals surface area contributed by atoms with E-state index >= 15 is 0 Å². The quantitative estimate of drug-likeness (QED) is 0.657. The highest BCUT2D eigenvalue weighted by atomic mass is 16.2. The third kappa shape index (κ3) is 5.44. The van der Waals surface area contributed by atoms with Crippen molar-refractivity contribution in [1.82, 2.24) is 25.2 Å². The molecule has 0 unspecified atom stereocenters. The lowest BCUT2D eigenvalue weighted by atomic mass is 10.1. The molecule has 6 heteroatoms. The molecule has 2 amide bonds. The molecule has 1 aromatic carbocycles. The fourth-order valence-electron chi connectivity index (χ4n) is 2.71. The van der Waals surface area contributed by atoms with Crippen molar-refractivity contribution in [2.45, 2.75) is 32.5 Å². The van der Waals surface area contributed by atoms with Crippen molar-refractivity contribution >= 4 is 6.03 Å². The van der Waals surface area contributed by atoms with Crippen LogP contribution >= 0.6 is 0 Å². The monoisotopic (exact) mass is 349 g/mol. The number of aryl methyl sites for hydroxylation is 2. The second-order valence-corrected chi connectivity index (χ2v) is 6.02. The fraction of sp³-hybridized carbons (Fsp3) is 0.250. The van der Waals surface area contributed by atoms with Gasteiger partial charge in [-0.1, -0.05) is 30.3 Å². The summed E-state index contributed by atoms with van der Waals surface area (Å²) in [6.45, 7) is 1.75. The van der Waals surface area contributed by atoms with Crippen LogP contribution < -0.4 is 10.6 Å². The Labute approximate surface area is 153 Å². The molecule has 26 heavy (non-hydrogen) atoms. The van der Waals surface area contributed by atoms with Crippen molar-refractivity contribution in [1.29, 1.82) is 0 Å². The molecule has 3 aromatic rings. The van der Waals surface area contributed by atoms with E-state index < -0.39 is 0 Å². The zero-order valence-corrected chi connectivity index (χ0v) is 14.6. The molecule has 134 valence electrons. The number of rotatable bonds is 8. The number of urea groups is 1. The molecule has 0 aliphatic heterocycles. The molecule has 0 saturated heterocycles. The maximum atomic E-state index is 11.9. The minimum atomic E-state index is -0.208. The average molecular weight is 349 g/mol. The van der Waals surface area contributed by atoms with Crippen molar-refractivity contribution in [3.8, 4) is 0 Å². The highest BCUT2D eigenvalue weighted by Crippen LogP contribution is 2.06. The van der Waals surface area contributed by atoms with E-state index in [1.165, 1.54) is 5.56 Å². The largest absolute Gasteiger partial charge is 0.334 e. The number of hydrogen-bond donors (Lipinski definition) is 2. The van der Waals surface area contributed by atoms with Gasteiger partial charge in [-0.3, -0.25) is 4.98 Å². The van der Waals surface area contributed by atoms with E-state index in [9.17, 15) is 4.79 Å². The average Bonchev–Trinajstić information content (AvgIpc) is 3.14. The summed E-state index contributed by atoms with van der Waals surface area (Å²) < 4.78 is 2.09. The Morgan fingerprint density at radius 3 is 2.50 bits per heavy atom. The molecule has 0 bridgehead atoms. The normalized spacial score (nSPS) is 10.5. The van der Waals surface area contributed by atoms with Crippen LogP contribution in [0.2, 0.25) is 0 Å². The first-order chi connectivity index (χ1) is 12.8. The molecule has 2 heterocycles. The van der Waals surface area contributed by atoms with E-state index in [0.29, 0.717) is 13.1 Å². The topological polar surface area (TPSA) is 71.8 Å². The summed E-state index contributed by atoms with van der Waals surface area (Å²) >= 11 is 0. The van der Waals surface area contributed by atoms with Crippen molar-refractivity contribution in [2.75, 3.05) is 0 Å². The molecule has 0 aliphatic carbocycles. The summed E-state index contributed by atoms with van der Waals surface area (Å²) in [7, 11) is 0. The number of nitrogens with zero attached hydrogens (tertiary/aromatic N) is 3. The van der Waals surface area contributed by atoms with Gasteiger partial charge in [-0.25, -0.2) is 9.78 Å². The van der Waals surface area contributed by atoms with Gasteiger partial charge >= 0.3 is 6.03 Å². The van der Waals surface area contributed by atoms with Crippen LogP contribution in [-0.2, 0) is 26.1 Å². The Hall–Kier alpha value is -3.15. The van der Waals surface area contributed by atoms with Gasteiger partial charge in [0.15, 0.2) is 0 Å². The SMILES string of the molecule is O=C(NCc1ccncc1)NCc1nccn1CCCc1ccccc1. The van der Waals surface area contributed by atoms with Gasteiger partial charge < -0.3 is 15.2 Å². The minimum Gasteiger partial charge on any atom is -0.334 e. The lowest BCUT2D eigenvalue weighted by molar-refractivity contribution is 0.239. The number of pyridine rings is 1. The van der Waals surface area contributed by atoms with Crippen LogP contribution in [0.1, 0.15) is 23.4 Å². The van der Waals surface area contributed by atoms with Gasteiger partial charge in [0.2, 0.25) is 0 Å². The van der Waals surface area contributed by atoms with Crippen molar-refractivity contribution in [2.24, 2.45) is 0 Å². The molecule has 0 spiro atoms. The molecule has 0 aliphatic rings. The number of carbonyl (C=O) groups is 1. The standard InChI is InChI=1S/C20H23N5O/c26-20(23-15-18-8-10-21-11-9-18)24-16-19-22-12-14-25(19)13-4-7-17-5-2-1-3-6-17/h1-3,5-6,8-12,14H,4,7,13,15-16H2,(H2,23,24,26). The lowest BCUT2D eigenvalue weighted by Crippen LogP contribution is -2.35. The van der Waals surface area contributed by atoms with Gasteiger partial charge in [-0.15, -0.1) is 0 Å². The molecule has 3 rings (SSSR count). The Morgan fingerprint density at radius 1 is 0.923 bits per heavy atom. The Bertz CT molecular complexity index is 801. The summed E-state index contributed by atoms with van der Waals surface area (Å²) in [5.74, 6) is 0.858. The van der Waals surface area contributed by atoms with Crippen LogP contribution in [0, 0.1) is 0 Å². The van der Waals surface area contributed by atoms with Gasteiger partial charge in [0.1, 0.15) is 5.82 Å². The number of amides is 2. The number of imidazole rings is 1. The second kappa shape index (κ2) is 9.36. The first kappa shape index (κ1) is 17.7. The third-order valence-corrected chi connectivity index (χ3v) is 4.12. The van der Waals surface area contributed by atoms with E-state index in [2.05, 4.69) is 49.4 Å². The van der Waals surface area contributed by atoms with E-state index in [4.69, 9.17) is 0 Å². The molecule has 0 fully saturated rings. The molecule has 2 aromatic heterocycles. The molecule has 0 radical (unpaired) electrons. The van der Waals surface area contributed by atoms with E-state index in [1.807, 2.05) is 24.4 Å². The number of benzene rings is 1.